The average molecular weight is 207 g/mol. The smallest absolute Gasteiger partial charge is 0.231 e. The summed E-state index contributed by atoms with van der Waals surface area (Å²) in [6.45, 7) is 6.69. The molecule has 15 heavy (non-hydrogen) atoms. The van der Waals surface area contributed by atoms with Gasteiger partial charge in [-0.2, -0.15) is 0 Å². The lowest BCUT2D eigenvalue weighted by Gasteiger charge is -2.27. The van der Waals surface area contributed by atoms with E-state index in [1.54, 1.807) is 0 Å². The Kier molecular flexibility index (Phi) is 2.35. The van der Waals surface area contributed by atoms with E-state index in [0.717, 1.165) is 17.1 Å². The van der Waals surface area contributed by atoms with Crippen molar-refractivity contribution in [3.05, 3.63) is 23.8 Å². The summed E-state index contributed by atoms with van der Waals surface area (Å²) in [7, 11) is 0. The number of fused-ring (bicyclic) bond motifs is 1. The van der Waals surface area contributed by atoms with Gasteiger partial charge in [-0.1, -0.05) is 26.8 Å². The molecule has 1 heterocycles. The van der Waals surface area contributed by atoms with Gasteiger partial charge in [-0.25, -0.2) is 0 Å². The molecule has 1 aliphatic heterocycles. The van der Waals surface area contributed by atoms with E-state index in [1.807, 2.05) is 18.2 Å². The molecule has 0 fully saturated rings. The predicted molar refractivity (Wildman–Crippen MR) is 58.9 cm³/mol. The molecular formula is C12H17NO2. The van der Waals surface area contributed by atoms with Crippen molar-refractivity contribution in [2.75, 3.05) is 6.79 Å². The lowest BCUT2D eigenvalue weighted by atomic mass is 9.83. The Morgan fingerprint density at radius 1 is 1.20 bits per heavy atom. The van der Waals surface area contributed by atoms with E-state index in [9.17, 15) is 0 Å². The molecule has 0 amide bonds. The zero-order valence-corrected chi connectivity index (χ0v) is 9.41. The van der Waals surface area contributed by atoms with Crippen LogP contribution in [0, 0.1) is 5.41 Å². The Morgan fingerprint density at radius 2 is 1.87 bits per heavy atom. The van der Waals surface area contributed by atoms with Crippen LogP contribution in [0.4, 0.5) is 0 Å². The van der Waals surface area contributed by atoms with Gasteiger partial charge in [0.2, 0.25) is 6.79 Å². The number of ether oxygens (including phenoxy) is 2. The van der Waals surface area contributed by atoms with E-state index in [0.29, 0.717) is 6.79 Å². The van der Waals surface area contributed by atoms with Crippen molar-refractivity contribution >= 4 is 0 Å². The van der Waals surface area contributed by atoms with Crippen LogP contribution in [0.25, 0.3) is 0 Å². The van der Waals surface area contributed by atoms with Crippen molar-refractivity contribution in [2.24, 2.45) is 11.1 Å². The first-order chi connectivity index (χ1) is 6.98. The van der Waals surface area contributed by atoms with Gasteiger partial charge in [0.25, 0.3) is 0 Å². The van der Waals surface area contributed by atoms with Gasteiger partial charge in [-0.15, -0.1) is 0 Å². The summed E-state index contributed by atoms with van der Waals surface area (Å²) in [5, 5.41) is 0. The molecule has 3 nitrogen and oxygen atoms in total. The topological polar surface area (TPSA) is 44.5 Å². The fourth-order valence-electron chi connectivity index (χ4n) is 1.61. The second kappa shape index (κ2) is 3.42. The molecule has 0 aromatic heterocycles. The zero-order valence-electron chi connectivity index (χ0n) is 9.41. The lowest BCUT2D eigenvalue weighted by molar-refractivity contribution is 0.174. The van der Waals surface area contributed by atoms with Gasteiger partial charge in [-0.05, 0) is 23.1 Å². The maximum Gasteiger partial charge on any atom is 0.231 e. The Hall–Kier alpha value is -1.22. The molecular weight excluding hydrogens is 190 g/mol. The first kappa shape index (κ1) is 10.3. The standard InChI is InChI=1S/C12H17NO2/c1-12(2,3)11(13)8-4-5-9-10(6-8)15-7-14-9/h4-6,11H,7,13H2,1-3H3/t11-/m0/s1. The van der Waals surface area contributed by atoms with Crippen LogP contribution in [0.3, 0.4) is 0 Å². The highest BCUT2D eigenvalue weighted by molar-refractivity contribution is 5.45. The summed E-state index contributed by atoms with van der Waals surface area (Å²) in [6.07, 6.45) is 0. The minimum Gasteiger partial charge on any atom is -0.454 e. The molecule has 1 aromatic rings. The first-order valence-electron chi connectivity index (χ1n) is 5.13. The van der Waals surface area contributed by atoms with E-state index in [2.05, 4.69) is 20.8 Å². The maximum absolute atomic E-state index is 6.17. The molecule has 0 radical (unpaired) electrons. The quantitative estimate of drug-likeness (QED) is 0.769. The summed E-state index contributed by atoms with van der Waals surface area (Å²) < 4.78 is 10.6. The number of hydrogen-bond donors (Lipinski definition) is 1. The van der Waals surface area contributed by atoms with Crippen LogP contribution in [0.1, 0.15) is 32.4 Å². The highest BCUT2D eigenvalue weighted by Crippen LogP contribution is 2.37. The zero-order chi connectivity index (χ0) is 11.1. The van der Waals surface area contributed by atoms with E-state index in [1.165, 1.54) is 0 Å². The molecule has 2 rings (SSSR count). The van der Waals surface area contributed by atoms with E-state index >= 15 is 0 Å². The minimum absolute atomic E-state index is 0.00648. The molecule has 3 heteroatoms. The normalized spacial score (nSPS) is 16.5. The van der Waals surface area contributed by atoms with Crippen molar-refractivity contribution in [2.45, 2.75) is 26.8 Å². The van der Waals surface area contributed by atoms with E-state index < -0.39 is 0 Å². The summed E-state index contributed by atoms with van der Waals surface area (Å²) >= 11 is 0. The Labute approximate surface area is 90.2 Å². The summed E-state index contributed by atoms with van der Waals surface area (Å²) in [5.41, 5.74) is 7.31. The summed E-state index contributed by atoms with van der Waals surface area (Å²) in [5.74, 6) is 1.60. The fourth-order valence-corrected chi connectivity index (χ4v) is 1.61. The van der Waals surface area contributed by atoms with Gasteiger partial charge in [-0.3, -0.25) is 0 Å². The first-order valence-corrected chi connectivity index (χ1v) is 5.13. The van der Waals surface area contributed by atoms with E-state index in [-0.39, 0.29) is 11.5 Å². The summed E-state index contributed by atoms with van der Waals surface area (Å²) in [4.78, 5) is 0. The fraction of sp³-hybridized carbons (Fsp3) is 0.500. The van der Waals surface area contributed by atoms with Crippen LogP contribution in [0.5, 0.6) is 11.5 Å². The molecule has 1 aliphatic rings. The molecule has 0 saturated carbocycles. The van der Waals surface area contributed by atoms with Crippen molar-refractivity contribution in [3.8, 4) is 11.5 Å². The Morgan fingerprint density at radius 3 is 2.53 bits per heavy atom. The largest absolute Gasteiger partial charge is 0.454 e. The molecule has 1 atom stereocenters. The molecule has 2 N–H and O–H groups in total. The molecule has 0 bridgehead atoms. The average Bonchev–Trinajstić information content (AvgIpc) is 2.61. The van der Waals surface area contributed by atoms with Gasteiger partial charge in [0, 0.05) is 6.04 Å². The van der Waals surface area contributed by atoms with Gasteiger partial charge < -0.3 is 15.2 Å². The number of nitrogens with two attached hydrogens (primary N) is 1. The third-order valence-electron chi connectivity index (χ3n) is 2.69. The monoisotopic (exact) mass is 207 g/mol. The van der Waals surface area contributed by atoms with Crippen molar-refractivity contribution < 1.29 is 9.47 Å². The maximum atomic E-state index is 6.17. The van der Waals surface area contributed by atoms with Crippen LogP contribution < -0.4 is 15.2 Å². The van der Waals surface area contributed by atoms with Crippen molar-refractivity contribution in [3.63, 3.8) is 0 Å². The van der Waals surface area contributed by atoms with Gasteiger partial charge in [0.1, 0.15) is 0 Å². The van der Waals surface area contributed by atoms with Crippen LogP contribution in [-0.2, 0) is 0 Å². The second-order valence-corrected chi connectivity index (χ2v) is 4.96. The van der Waals surface area contributed by atoms with Gasteiger partial charge >= 0.3 is 0 Å². The second-order valence-electron chi connectivity index (χ2n) is 4.96. The number of rotatable bonds is 1. The number of benzene rings is 1. The Bertz CT molecular complexity index is 368. The highest BCUT2D eigenvalue weighted by atomic mass is 16.7. The van der Waals surface area contributed by atoms with Crippen LogP contribution in [-0.4, -0.2) is 6.79 Å². The summed E-state index contributed by atoms with van der Waals surface area (Å²) in [6, 6.07) is 5.90. The van der Waals surface area contributed by atoms with Gasteiger partial charge in [0.15, 0.2) is 11.5 Å². The van der Waals surface area contributed by atoms with Gasteiger partial charge in [0.05, 0.1) is 0 Å². The molecule has 0 aliphatic carbocycles. The SMILES string of the molecule is CC(C)(C)[C@@H](N)c1ccc2c(c1)OCO2. The Balaban J connectivity index is 2.31. The van der Waals surface area contributed by atoms with Crippen LogP contribution in [0.15, 0.2) is 18.2 Å². The molecule has 1 aromatic carbocycles. The predicted octanol–water partition coefficient (Wildman–Crippen LogP) is 2.46. The van der Waals surface area contributed by atoms with Crippen LogP contribution >= 0.6 is 0 Å². The molecule has 0 spiro atoms. The highest BCUT2D eigenvalue weighted by Gasteiger charge is 2.24. The third kappa shape index (κ3) is 1.92. The molecule has 0 unspecified atom stereocenters. The number of hydrogen-bond acceptors (Lipinski definition) is 3. The molecule has 0 saturated heterocycles. The lowest BCUT2D eigenvalue weighted by Crippen LogP contribution is -2.26. The molecule has 82 valence electrons. The van der Waals surface area contributed by atoms with Crippen molar-refractivity contribution in [1.82, 2.24) is 0 Å². The van der Waals surface area contributed by atoms with Crippen LogP contribution in [0.2, 0.25) is 0 Å². The van der Waals surface area contributed by atoms with E-state index in [4.69, 9.17) is 15.2 Å². The third-order valence-corrected chi connectivity index (χ3v) is 2.69. The van der Waals surface area contributed by atoms with Crippen molar-refractivity contribution in [1.29, 1.82) is 0 Å². The minimum atomic E-state index is 0.00648.